The molecule has 0 spiro atoms. The Balaban J connectivity index is 1.21. The first-order chi connectivity index (χ1) is 19.2. The van der Waals surface area contributed by atoms with Gasteiger partial charge in [0, 0.05) is 34.8 Å². The molecule has 39 heavy (non-hydrogen) atoms. The van der Waals surface area contributed by atoms with Crippen LogP contribution >= 0.6 is 0 Å². The zero-order chi connectivity index (χ0) is 26.6. The van der Waals surface area contributed by atoms with Gasteiger partial charge in [-0.2, -0.15) is 0 Å². The minimum Gasteiger partial charge on any atom is -0.464 e. The van der Waals surface area contributed by atoms with Crippen molar-refractivity contribution < 1.29 is 9.15 Å². The Bertz CT molecular complexity index is 1740. The number of ether oxygens (including phenoxy) is 1. The van der Waals surface area contributed by atoms with Crippen LogP contribution in [-0.2, 0) is 6.54 Å². The minimum absolute atomic E-state index is 0.450. The molecule has 0 unspecified atom stereocenters. The summed E-state index contributed by atoms with van der Waals surface area (Å²) < 4.78 is 13.6. The normalized spacial score (nSPS) is 11.3. The fourth-order valence-electron chi connectivity index (χ4n) is 4.32. The molecule has 0 aliphatic rings. The second-order valence-electron chi connectivity index (χ2n) is 9.33. The smallest absolute Gasteiger partial charge is 0.224 e. The van der Waals surface area contributed by atoms with Gasteiger partial charge in [0.05, 0.1) is 11.8 Å². The van der Waals surface area contributed by atoms with Gasteiger partial charge in [-0.15, -0.1) is 10.2 Å². The molecule has 0 fully saturated rings. The molecule has 0 aliphatic heterocycles. The molecule has 2 aromatic carbocycles. The van der Waals surface area contributed by atoms with Gasteiger partial charge in [-0.25, -0.2) is 15.0 Å². The lowest BCUT2D eigenvalue weighted by Crippen LogP contribution is -2.13. The molecular formula is C29H28N8O2. The first-order valence-electron chi connectivity index (χ1n) is 12.9. The van der Waals surface area contributed by atoms with Crippen molar-refractivity contribution >= 4 is 28.1 Å². The Hall–Kier alpha value is -4.83. The number of benzene rings is 2. The van der Waals surface area contributed by atoms with Crippen LogP contribution in [0.5, 0.6) is 11.6 Å². The van der Waals surface area contributed by atoms with Crippen LogP contribution in [0.3, 0.4) is 0 Å². The molecule has 0 radical (unpaired) electrons. The molecule has 0 amide bonds. The van der Waals surface area contributed by atoms with Crippen molar-refractivity contribution in [1.29, 1.82) is 0 Å². The molecule has 196 valence electrons. The van der Waals surface area contributed by atoms with Crippen molar-refractivity contribution in [3.63, 3.8) is 0 Å². The van der Waals surface area contributed by atoms with Gasteiger partial charge in [-0.1, -0.05) is 13.3 Å². The summed E-state index contributed by atoms with van der Waals surface area (Å²) in [6.07, 6.45) is 8.93. The number of fused-ring (bicyclic) bond motifs is 2. The number of aromatic nitrogens is 6. The van der Waals surface area contributed by atoms with Crippen LogP contribution in [0.4, 0.5) is 11.5 Å². The lowest BCUT2D eigenvalue weighted by atomic mass is 10.1. The van der Waals surface area contributed by atoms with Gasteiger partial charge >= 0.3 is 0 Å². The van der Waals surface area contributed by atoms with E-state index in [1.807, 2.05) is 43.5 Å². The first kappa shape index (κ1) is 24.5. The molecule has 2 N–H and O–H groups in total. The highest BCUT2D eigenvalue weighted by Gasteiger charge is 2.11. The monoisotopic (exact) mass is 520 g/mol. The first-order valence-corrected chi connectivity index (χ1v) is 12.9. The highest BCUT2D eigenvalue weighted by Crippen LogP contribution is 2.32. The fourth-order valence-corrected chi connectivity index (χ4v) is 4.32. The Labute approximate surface area is 225 Å². The molecule has 0 aliphatic carbocycles. The van der Waals surface area contributed by atoms with Crippen molar-refractivity contribution in [2.24, 2.45) is 0 Å². The third-order valence-electron chi connectivity index (χ3n) is 6.42. The minimum atomic E-state index is 0.450. The van der Waals surface area contributed by atoms with Crippen molar-refractivity contribution in [1.82, 2.24) is 34.9 Å². The van der Waals surface area contributed by atoms with Crippen LogP contribution < -0.4 is 15.4 Å². The van der Waals surface area contributed by atoms with Crippen molar-refractivity contribution in [3.05, 3.63) is 84.9 Å². The number of nitrogens with one attached hydrogen (secondary N) is 2. The number of hydrogen-bond acceptors (Lipinski definition) is 9. The topological polar surface area (TPSA) is 115 Å². The molecule has 4 heterocycles. The predicted octanol–water partition coefficient (Wildman–Crippen LogP) is 6.06. The number of rotatable bonds is 10. The van der Waals surface area contributed by atoms with E-state index in [4.69, 9.17) is 9.15 Å². The van der Waals surface area contributed by atoms with E-state index in [1.54, 1.807) is 29.4 Å². The summed E-state index contributed by atoms with van der Waals surface area (Å²) in [7, 11) is 0. The average molecular weight is 521 g/mol. The van der Waals surface area contributed by atoms with E-state index in [9.17, 15) is 0 Å². The van der Waals surface area contributed by atoms with Gasteiger partial charge in [-0.3, -0.25) is 4.40 Å². The van der Waals surface area contributed by atoms with E-state index >= 15 is 0 Å². The molecule has 4 aromatic heterocycles. The summed E-state index contributed by atoms with van der Waals surface area (Å²) >= 11 is 0. The number of nitrogens with zero attached hydrogens (tertiary/aromatic N) is 6. The average Bonchev–Trinajstić information content (AvgIpc) is 3.62. The number of anilines is 2. The van der Waals surface area contributed by atoms with Crippen LogP contribution in [0.1, 0.15) is 30.9 Å². The highest BCUT2D eigenvalue weighted by molar-refractivity contribution is 5.93. The zero-order valence-electron chi connectivity index (χ0n) is 21.8. The predicted molar refractivity (Wildman–Crippen MR) is 149 cm³/mol. The van der Waals surface area contributed by atoms with Crippen LogP contribution in [0.2, 0.25) is 0 Å². The van der Waals surface area contributed by atoms with Crippen molar-refractivity contribution in [3.8, 4) is 23.0 Å². The van der Waals surface area contributed by atoms with Gasteiger partial charge < -0.3 is 19.8 Å². The van der Waals surface area contributed by atoms with Crippen LogP contribution in [0, 0.1) is 6.92 Å². The standard InChI is InChI=1S/C29H28N8O2/c1-3-4-9-30-14-20-11-26(38-15-20)21-5-7-24-23(12-21)29(32-16-31-24)35-22-6-8-25(19(2)10-22)39-28-13-27-36-34-18-37(27)17-33-28/h5-8,10-13,15-18,30H,3-4,9,14H2,1-2H3,(H,31,32,35). The van der Waals surface area contributed by atoms with Crippen LogP contribution in [-0.4, -0.2) is 36.1 Å². The van der Waals surface area contributed by atoms with Gasteiger partial charge in [0.2, 0.25) is 5.88 Å². The lowest BCUT2D eigenvalue weighted by Gasteiger charge is -2.12. The quantitative estimate of drug-likeness (QED) is 0.208. The van der Waals surface area contributed by atoms with Crippen LogP contribution in [0.15, 0.2) is 78.2 Å². The Morgan fingerprint density at radius 1 is 1.00 bits per heavy atom. The molecular weight excluding hydrogens is 492 g/mol. The second kappa shape index (κ2) is 10.9. The maximum Gasteiger partial charge on any atom is 0.224 e. The molecule has 6 rings (SSSR count). The summed E-state index contributed by atoms with van der Waals surface area (Å²) in [5.41, 5.74) is 5.43. The molecule has 0 bridgehead atoms. The van der Waals surface area contributed by atoms with E-state index in [2.05, 4.69) is 54.8 Å². The number of furan rings is 1. The maximum absolute atomic E-state index is 6.00. The molecule has 10 nitrogen and oxygen atoms in total. The molecule has 10 heteroatoms. The van der Waals surface area contributed by atoms with E-state index in [0.717, 1.165) is 58.6 Å². The summed E-state index contributed by atoms with van der Waals surface area (Å²) in [4.78, 5) is 13.3. The van der Waals surface area contributed by atoms with Crippen molar-refractivity contribution in [2.45, 2.75) is 33.2 Å². The molecule has 0 atom stereocenters. The summed E-state index contributed by atoms with van der Waals surface area (Å²) in [5, 5.41) is 15.7. The van der Waals surface area contributed by atoms with Gasteiger partial charge in [0.25, 0.3) is 0 Å². The highest BCUT2D eigenvalue weighted by atomic mass is 16.5. The Morgan fingerprint density at radius 3 is 2.85 bits per heavy atom. The zero-order valence-corrected chi connectivity index (χ0v) is 21.8. The Kier molecular flexibility index (Phi) is 6.84. The third kappa shape index (κ3) is 5.41. The van der Waals surface area contributed by atoms with Crippen molar-refractivity contribution in [2.75, 3.05) is 11.9 Å². The third-order valence-corrected chi connectivity index (χ3v) is 6.42. The van der Waals surface area contributed by atoms with E-state index in [1.165, 1.54) is 6.42 Å². The number of aryl methyl sites for hydroxylation is 1. The summed E-state index contributed by atoms with van der Waals surface area (Å²) in [6, 6.07) is 15.7. The molecule has 6 aromatic rings. The SMILES string of the molecule is CCCCNCc1coc(-c2ccc3ncnc(Nc4ccc(Oc5cc6nncn6cn5)c(C)c4)c3c2)c1. The van der Waals surface area contributed by atoms with E-state index in [-0.39, 0.29) is 0 Å². The maximum atomic E-state index is 6.00. The van der Waals surface area contributed by atoms with E-state index in [0.29, 0.717) is 23.1 Å². The number of hydrogen-bond donors (Lipinski definition) is 2. The largest absolute Gasteiger partial charge is 0.464 e. The summed E-state index contributed by atoms with van der Waals surface area (Å²) in [6.45, 7) is 5.96. The van der Waals surface area contributed by atoms with E-state index < -0.39 is 0 Å². The second-order valence-corrected chi connectivity index (χ2v) is 9.33. The van der Waals surface area contributed by atoms with Gasteiger partial charge in [-0.05, 0) is 67.9 Å². The Morgan fingerprint density at radius 2 is 1.95 bits per heavy atom. The van der Waals surface area contributed by atoms with Gasteiger partial charge in [0.1, 0.15) is 36.3 Å². The fraction of sp³-hybridized carbons (Fsp3) is 0.207. The molecule has 0 saturated carbocycles. The van der Waals surface area contributed by atoms with Crippen LogP contribution in [0.25, 0.3) is 27.9 Å². The molecule has 0 saturated heterocycles. The number of unbranched alkanes of at least 4 members (excludes halogenated alkanes) is 1. The summed E-state index contributed by atoms with van der Waals surface area (Å²) in [5.74, 6) is 2.67. The van der Waals surface area contributed by atoms with Gasteiger partial charge in [0.15, 0.2) is 5.65 Å². The lowest BCUT2D eigenvalue weighted by molar-refractivity contribution is 0.458.